The Labute approximate surface area is 106 Å². The number of rotatable bonds is 0. The second-order valence-corrected chi connectivity index (χ2v) is 5.69. The van der Waals surface area contributed by atoms with E-state index in [1.165, 1.54) is 75.4 Å². The largest absolute Gasteiger partial charge is 0.295 e. The Kier molecular flexibility index (Phi) is 5.28. The summed E-state index contributed by atoms with van der Waals surface area (Å²) in [5.41, 5.74) is 2.76. The van der Waals surface area contributed by atoms with Crippen molar-refractivity contribution < 1.29 is 4.79 Å². The molecule has 0 amide bonds. The van der Waals surface area contributed by atoms with Crippen LogP contribution in [0.25, 0.3) is 0 Å². The standard InChI is InChI=1S/C16H26O/c17-16-13-12-14-10-8-6-4-2-1-3-5-7-9-11-15(14)16/h1-13H2. The van der Waals surface area contributed by atoms with E-state index in [1.807, 2.05) is 0 Å². The van der Waals surface area contributed by atoms with Crippen molar-refractivity contribution in [3.8, 4) is 0 Å². The van der Waals surface area contributed by atoms with Crippen molar-refractivity contribution in [3.05, 3.63) is 11.1 Å². The fourth-order valence-corrected chi connectivity index (χ4v) is 3.23. The van der Waals surface area contributed by atoms with Crippen LogP contribution in [0.1, 0.15) is 83.5 Å². The monoisotopic (exact) mass is 234 g/mol. The first kappa shape index (κ1) is 12.9. The summed E-state index contributed by atoms with van der Waals surface area (Å²) in [6, 6.07) is 0. The molecule has 1 heteroatoms. The maximum absolute atomic E-state index is 11.8. The maximum Gasteiger partial charge on any atom is 0.159 e. The lowest BCUT2D eigenvalue weighted by molar-refractivity contribution is -0.115. The van der Waals surface area contributed by atoms with Crippen LogP contribution in [0.4, 0.5) is 0 Å². The SMILES string of the molecule is O=C1CCC2=C1CCCCCCCCCCC2. The summed E-state index contributed by atoms with van der Waals surface area (Å²) in [5.74, 6) is 0.467. The molecule has 0 fully saturated rings. The molecule has 0 aromatic carbocycles. The summed E-state index contributed by atoms with van der Waals surface area (Å²) in [6.07, 6.45) is 16.4. The van der Waals surface area contributed by atoms with Crippen LogP contribution < -0.4 is 0 Å². The molecule has 0 N–H and O–H groups in total. The number of carbonyl (C=O) groups is 1. The molecule has 0 atom stereocenters. The maximum atomic E-state index is 11.8. The average Bonchev–Trinajstić information content (AvgIpc) is 2.68. The van der Waals surface area contributed by atoms with Crippen molar-refractivity contribution in [2.75, 3.05) is 0 Å². The van der Waals surface area contributed by atoms with Crippen LogP contribution in [0.3, 0.4) is 0 Å². The Morgan fingerprint density at radius 3 is 1.71 bits per heavy atom. The third-order valence-corrected chi connectivity index (χ3v) is 4.32. The summed E-state index contributed by atoms with van der Waals surface area (Å²) in [5, 5.41) is 0. The molecule has 96 valence electrons. The molecule has 0 heterocycles. The first-order chi connectivity index (χ1) is 8.38. The van der Waals surface area contributed by atoms with E-state index in [0.717, 1.165) is 19.3 Å². The zero-order chi connectivity index (χ0) is 11.9. The highest BCUT2D eigenvalue weighted by molar-refractivity contribution is 5.98. The topological polar surface area (TPSA) is 17.1 Å². The predicted molar refractivity (Wildman–Crippen MR) is 72.1 cm³/mol. The molecular weight excluding hydrogens is 208 g/mol. The van der Waals surface area contributed by atoms with Crippen molar-refractivity contribution in [2.45, 2.75) is 83.5 Å². The second kappa shape index (κ2) is 6.98. The summed E-state index contributed by atoms with van der Waals surface area (Å²) >= 11 is 0. The van der Waals surface area contributed by atoms with Crippen molar-refractivity contribution in [1.82, 2.24) is 0 Å². The van der Waals surface area contributed by atoms with Crippen LogP contribution in [-0.2, 0) is 4.79 Å². The molecule has 17 heavy (non-hydrogen) atoms. The van der Waals surface area contributed by atoms with E-state index in [4.69, 9.17) is 0 Å². The normalized spacial score (nSPS) is 24.8. The fraction of sp³-hybridized carbons (Fsp3) is 0.812. The molecule has 0 unspecified atom stereocenters. The third-order valence-electron chi connectivity index (χ3n) is 4.32. The number of hydrogen-bond donors (Lipinski definition) is 0. The fourth-order valence-electron chi connectivity index (χ4n) is 3.23. The van der Waals surface area contributed by atoms with Gasteiger partial charge in [0.1, 0.15) is 0 Å². The van der Waals surface area contributed by atoms with Crippen LogP contribution in [0.2, 0.25) is 0 Å². The first-order valence-corrected chi connectivity index (χ1v) is 7.62. The molecule has 2 rings (SSSR count). The summed E-state index contributed by atoms with van der Waals surface area (Å²) in [4.78, 5) is 11.8. The van der Waals surface area contributed by atoms with Gasteiger partial charge in [0.05, 0.1) is 0 Å². The number of Topliss-reactive ketones (excluding diaryl/α,β-unsaturated/α-hetero) is 1. The van der Waals surface area contributed by atoms with Gasteiger partial charge in [-0.15, -0.1) is 0 Å². The van der Waals surface area contributed by atoms with Gasteiger partial charge >= 0.3 is 0 Å². The van der Waals surface area contributed by atoms with E-state index in [0.29, 0.717) is 5.78 Å². The minimum Gasteiger partial charge on any atom is -0.295 e. The van der Waals surface area contributed by atoms with Crippen LogP contribution >= 0.6 is 0 Å². The van der Waals surface area contributed by atoms with Gasteiger partial charge in [-0.25, -0.2) is 0 Å². The summed E-state index contributed by atoms with van der Waals surface area (Å²) in [6.45, 7) is 0. The predicted octanol–water partition coefficient (Wildman–Crippen LogP) is 4.95. The van der Waals surface area contributed by atoms with Crippen molar-refractivity contribution in [2.24, 2.45) is 0 Å². The Morgan fingerprint density at radius 2 is 1.06 bits per heavy atom. The van der Waals surface area contributed by atoms with Crippen LogP contribution in [0.5, 0.6) is 0 Å². The van der Waals surface area contributed by atoms with Crippen molar-refractivity contribution in [1.29, 1.82) is 0 Å². The Balaban J connectivity index is 1.92. The lowest BCUT2D eigenvalue weighted by Gasteiger charge is -2.06. The van der Waals surface area contributed by atoms with Gasteiger partial charge in [-0.05, 0) is 37.7 Å². The van der Waals surface area contributed by atoms with E-state index in [-0.39, 0.29) is 0 Å². The van der Waals surface area contributed by atoms with Gasteiger partial charge in [-0.3, -0.25) is 4.79 Å². The van der Waals surface area contributed by atoms with Gasteiger partial charge in [0.15, 0.2) is 5.78 Å². The van der Waals surface area contributed by atoms with E-state index in [2.05, 4.69) is 0 Å². The minimum atomic E-state index is 0.467. The molecular formula is C16H26O. The zero-order valence-electron chi connectivity index (χ0n) is 11.1. The molecule has 0 saturated heterocycles. The molecule has 0 radical (unpaired) electrons. The van der Waals surface area contributed by atoms with Gasteiger partial charge in [-0.2, -0.15) is 0 Å². The highest BCUT2D eigenvalue weighted by atomic mass is 16.1. The average molecular weight is 234 g/mol. The van der Waals surface area contributed by atoms with Gasteiger partial charge in [0.2, 0.25) is 0 Å². The van der Waals surface area contributed by atoms with Crippen molar-refractivity contribution in [3.63, 3.8) is 0 Å². The molecule has 2 aliphatic rings. The minimum absolute atomic E-state index is 0.467. The molecule has 1 nitrogen and oxygen atoms in total. The van der Waals surface area contributed by atoms with Gasteiger partial charge in [0, 0.05) is 6.42 Å². The lowest BCUT2D eigenvalue weighted by atomic mass is 9.99. The summed E-state index contributed by atoms with van der Waals surface area (Å²) < 4.78 is 0. The Morgan fingerprint density at radius 1 is 0.529 bits per heavy atom. The molecule has 0 spiro atoms. The first-order valence-electron chi connectivity index (χ1n) is 7.62. The molecule has 0 aromatic heterocycles. The number of carbonyl (C=O) groups excluding carboxylic acids is 1. The van der Waals surface area contributed by atoms with Gasteiger partial charge < -0.3 is 0 Å². The molecule has 0 saturated carbocycles. The van der Waals surface area contributed by atoms with Gasteiger partial charge in [-0.1, -0.05) is 50.5 Å². The van der Waals surface area contributed by atoms with Crippen LogP contribution in [0.15, 0.2) is 11.1 Å². The van der Waals surface area contributed by atoms with E-state index in [1.54, 1.807) is 0 Å². The van der Waals surface area contributed by atoms with Crippen molar-refractivity contribution >= 4 is 5.78 Å². The van der Waals surface area contributed by atoms with E-state index in [9.17, 15) is 4.79 Å². The third kappa shape index (κ3) is 3.97. The van der Waals surface area contributed by atoms with E-state index < -0.39 is 0 Å². The smallest absolute Gasteiger partial charge is 0.159 e. The number of hydrogen-bond acceptors (Lipinski definition) is 1. The van der Waals surface area contributed by atoms with Gasteiger partial charge in [0.25, 0.3) is 0 Å². The highest BCUT2D eigenvalue weighted by Gasteiger charge is 2.21. The number of ketones is 1. The summed E-state index contributed by atoms with van der Waals surface area (Å²) in [7, 11) is 0. The number of allylic oxidation sites excluding steroid dienone is 2. The quantitative estimate of drug-likeness (QED) is 0.579. The Bertz CT molecular complexity index is 288. The zero-order valence-corrected chi connectivity index (χ0v) is 11.1. The Hall–Kier alpha value is -0.590. The molecule has 2 aliphatic carbocycles. The lowest BCUT2D eigenvalue weighted by Crippen LogP contribution is -1.97. The molecule has 0 aromatic rings. The molecule has 0 bridgehead atoms. The second-order valence-electron chi connectivity index (χ2n) is 5.69. The highest BCUT2D eigenvalue weighted by Crippen LogP contribution is 2.31. The molecule has 0 aliphatic heterocycles. The van der Waals surface area contributed by atoms with Crippen LogP contribution in [0, 0.1) is 0 Å². The van der Waals surface area contributed by atoms with Crippen LogP contribution in [-0.4, -0.2) is 5.78 Å². The van der Waals surface area contributed by atoms with E-state index >= 15 is 0 Å².